The molecule has 0 spiro atoms. The van der Waals surface area contributed by atoms with Gasteiger partial charge >= 0.3 is 0 Å². The van der Waals surface area contributed by atoms with E-state index < -0.39 is 0 Å². The lowest BCUT2D eigenvalue weighted by atomic mass is 10.3. The van der Waals surface area contributed by atoms with E-state index in [1.807, 2.05) is 24.3 Å². The van der Waals surface area contributed by atoms with Crippen molar-refractivity contribution in [2.24, 2.45) is 0 Å². The number of hydrogen-bond acceptors (Lipinski definition) is 4. The van der Waals surface area contributed by atoms with E-state index in [2.05, 4.69) is 36.8 Å². The highest BCUT2D eigenvalue weighted by atomic mass is 79.9. The topological polar surface area (TPSA) is 56.5 Å². The Hall–Kier alpha value is -1.30. The van der Waals surface area contributed by atoms with Gasteiger partial charge in [0.25, 0.3) is 0 Å². The van der Waals surface area contributed by atoms with Crippen LogP contribution in [-0.2, 0) is 0 Å². The molecule has 1 aromatic carbocycles. The summed E-state index contributed by atoms with van der Waals surface area (Å²) >= 11 is 3.33. The molecule has 0 saturated carbocycles. The molecule has 1 aromatic heterocycles. The van der Waals surface area contributed by atoms with Crippen molar-refractivity contribution in [3.63, 3.8) is 0 Å². The van der Waals surface area contributed by atoms with Gasteiger partial charge in [0.1, 0.15) is 0 Å². The van der Waals surface area contributed by atoms with Crippen LogP contribution in [0.3, 0.4) is 0 Å². The van der Waals surface area contributed by atoms with Gasteiger partial charge in [-0.1, -0.05) is 15.9 Å². The van der Waals surface area contributed by atoms with Gasteiger partial charge in [-0.25, -0.2) is 0 Å². The molecule has 0 aliphatic heterocycles. The number of hydrogen-bond donors (Lipinski definition) is 0. The number of aromatic nitrogens is 5. The molecule has 0 atom stereocenters. The van der Waals surface area contributed by atoms with Crippen LogP contribution in [0.2, 0.25) is 0 Å². The molecule has 0 fully saturated rings. The standard InChI is InChI=1S/C6H4BrN5/c7-5-1-3-6(4-2-5)12-10-8-9-11-12/h1-4H. The van der Waals surface area contributed by atoms with E-state index in [4.69, 9.17) is 0 Å². The summed E-state index contributed by atoms with van der Waals surface area (Å²) in [6.07, 6.45) is 0. The summed E-state index contributed by atoms with van der Waals surface area (Å²) in [6, 6.07) is 7.54. The summed E-state index contributed by atoms with van der Waals surface area (Å²) in [4.78, 5) is 1.35. The molecule has 2 rings (SSSR count). The van der Waals surface area contributed by atoms with Gasteiger partial charge in [0.05, 0.1) is 5.69 Å². The number of benzene rings is 1. The molecule has 5 nitrogen and oxygen atoms in total. The zero-order valence-corrected chi connectivity index (χ0v) is 7.51. The lowest BCUT2D eigenvalue weighted by Crippen LogP contribution is -1.98. The molecule has 1 heterocycles. The first kappa shape index (κ1) is 7.35. The highest BCUT2D eigenvalue weighted by molar-refractivity contribution is 9.10. The van der Waals surface area contributed by atoms with E-state index in [0.29, 0.717) is 0 Å². The second kappa shape index (κ2) is 2.98. The minimum atomic E-state index is 0.836. The van der Waals surface area contributed by atoms with Gasteiger partial charge in [-0.2, -0.15) is 0 Å². The summed E-state index contributed by atoms with van der Waals surface area (Å²) in [5, 5.41) is 14.0. The van der Waals surface area contributed by atoms with Gasteiger partial charge in [-0.05, 0) is 45.1 Å². The molecule has 0 saturated heterocycles. The smallest absolute Gasteiger partial charge is 0.0893 e. The molecule has 2 aromatic rings. The highest BCUT2D eigenvalue weighted by Gasteiger charge is 1.97. The largest absolute Gasteiger partial charge is 0.111 e. The van der Waals surface area contributed by atoms with Crippen molar-refractivity contribution >= 4 is 15.9 Å². The van der Waals surface area contributed by atoms with Crippen LogP contribution >= 0.6 is 15.9 Å². The molecule has 0 aliphatic rings. The van der Waals surface area contributed by atoms with Crippen LogP contribution in [-0.4, -0.2) is 25.7 Å². The Morgan fingerprint density at radius 1 is 1.00 bits per heavy atom. The van der Waals surface area contributed by atoms with E-state index in [1.165, 1.54) is 4.80 Å². The summed E-state index contributed by atoms with van der Waals surface area (Å²) in [5.74, 6) is 0. The van der Waals surface area contributed by atoms with Crippen LogP contribution in [0, 0.1) is 0 Å². The zero-order valence-electron chi connectivity index (χ0n) is 5.92. The number of nitrogens with zero attached hydrogens (tertiary/aromatic N) is 5. The maximum Gasteiger partial charge on any atom is 0.0893 e. The van der Waals surface area contributed by atoms with Crippen LogP contribution in [0.1, 0.15) is 0 Å². The van der Waals surface area contributed by atoms with Gasteiger partial charge in [0.2, 0.25) is 0 Å². The third-order valence-corrected chi connectivity index (χ3v) is 1.88. The van der Waals surface area contributed by atoms with Gasteiger partial charge in [0.15, 0.2) is 0 Å². The molecule has 0 radical (unpaired) electrons. The Bertz CT molecular complexity index is 354. The van der Waals surface area contributed by atoms with Gasteiger partial charge in [-0.15, -0.1) is 4.80 Å². The maximum absolute atomic E-state index is 3.65. The van der Waals surface area contributed by atoms with Crippen molar-refractivity contribution in [2.75, 3.05) is 0 Å². The Kier molecular flexibility index (Phi) is 1.83. The fourth-order valence-electron chi connectivity index (χ4n) is 0.807. The van der Waals surface area contributed by atoms with Gasteiger partial charge in [-0.3, -0.25) is 0 Å². The van der Waals surface area contributed by atoms with Crippen LogP contribution < -0.4 is 0 Å². The predicted octanol–water partition coefficient (Wildman–Crippen LogP) is 0.820. The third-order valence-electron chi connectivity index (χ3n) is 1.35. The van der Waals surface area contributed by atoms with Crippen LogP contribution in [0.15, 0.2) is 28.7 Å². The Balaban J connectivity index is 2.43. The first-order valence-electron chi connectivity index (χ1n) is 3.23. The van der Waals surface area contributed by atoms with Gasteiger partial charge < -0.3 is 0 Å². The third kappa shape index (κ3) is 1.33. The Morgan fingerprint density at radius 3 is 2.17 bits per heavy atom. The monoisotopic (exact) mass is 225 g/mol. The van der Waals surface area contributed by atoms with Crippen molar-refractivity contribution in [3.8, 4) is 5.69 Å². The van der Waals surface area contributed by atoms with E-state index in [9.17, 15) is 0 Å². The number of halogens is 1. The zero-order chi connectivity index (χ0) is 8.39. The summed E-state index contributed by atoms with van der Waals surface area (Å²) in [5.41, 5.74) is 0.836. The maximum atomic E-state index is 3.65. The van der Waals surface area contributed by atoms with Crippen LogP contribution in [0.4, 0.5) is 0 Å². The molecule has 0 unspecified atom stereocenters. The predicted molar refractivity (Wildman–Crippen MR) is 44.6 cm³/mol. The average Bonchev–Trinajstić information content (AvgIpc) is 2.58. The van der Waals surface area contributed by atoms with E-state index in [0.717, 1.165) is 10.2 Å². The van der Waals surface area contributed by atoms with E-state index in [-0.39, 0.29) is 0 Å². The molecule has 60 valence electrons. The van der Waals surface area contributed by atoms with Gasteiger partial charge in [0, 0.05) is 4.47 Å². The summed E-state index contributed by atoms with van der Waals surface area (Å²) in [6.45, 7) is 0. The molecule has 0 bridgehead atoms. The molecular formula is C6H4BrN5. The normalized spacial score (nSPS) is 10.1. The van der Waals surface area contributed by atoms with E-state index >= 15 is 0 Å². The quantitative estimate of drug-likeness (QED) is 0.722. The van der Waals surface area contributed by atoms with Crippen molar-refractivity contribution in [1.29, 1.82) is 0 Å². The van der Waals surface area contributed by atoms with Crippen molar-refractivity contribution < 1.29 is 0 Å². The van der Waals surface area contributed by atoms with Crippen molar-refractivity contribution in [3.05, 3.63) is 28.7 Å². The fourth-order valence-corrected chi connectivity index (χ4v) is 1.07. The molecule has 0 N–H and O–H groups in total. The highest BCUT2D eigenvalue weighted by Crippen LogP contribution is 2.11. The molecule has 12 heavy (non-hydrogen) atoms. The minimum Gasteiger partial charge on any atom is -0.111 e. The summed E-state index contributed by atoms with van der Waals surface area (Å²) in [7, 11) is 0. The fraction of sp³-hybridized carbons (Fsp3) is 0. The average molecular weight is 226 g/mol. The number of rotatable bonds is 1. The molecular weight excluding hydrogens is 222 g/mol. The SMILES string of the molecule is Brc1ccc(-n2nnnn2)cc1. The van der Waals surface area contributed by atoms with Crippen LogP contribution in [0.25, 0.3) is 5.69 Å². The van der Waals surface area contributed by atoms with Crippen LogP contribution in [0.5, 0.6) is 0 Å². The molecule has 6 heteroatoms. The van der Waals surface area contributed by atoms with Crippen molar-refractivity contribution in [2.45, 2.75) is 0 Å². The lowest BCUT2D eigenvalue weighted by molar-refractivity contribution is 0.712. The second-order valence-electron chi connectivity index (χ2n) is 2.12. The van der Waals surface area contributed by atoms with Crippen molar-refractivity contribution in [1.82, 2.24) is 25.7 Å². The first-order valence-corrected chi connectivity index (χ1v) is 4.03. The molecule has 0 aliphatic carbocycles. The Labute approximate surface area is 76.5 Å². The second-order valence-corrected chi connectivity index (χ2v) is 3.04. The minimum absolute atomic E-state index is 0.836. The first-order chi connectivity index (χ1) is 5.86. The molecule has 0 amide bonds. The Morgan fingerprint density at radius 2 is 1.58 bits per heavy atom. The van der Waals surface area contributed by atoms with E-state index in [1.54, 1.807) is 0 Å². The lowest BCUT2D eigenvalue weighted by Gasteiger charge is -1.95. The summed E-state index contributed by atoms with van der Waals surface area (Å²) < 4.78 is 1.01.